The third-order valence-electron chi connectivity index (χ3n) is 1.85. The van der Waals surface area contributed by atoms with Crippen LogP contribution in [0.4, 0.5) is 5.69 Å². The highest BCUT2D eigenvalue weighted by atomic mass is 79.9. The minimum absolute atomic E-state index is 0.526. The SMILES string of the molecule is Cn1cc2c(Br)c(N)c(Cl)cc2n1. The Morgan fingerprint density at radius 1 is 1.62 bits per heavy atom. The molecule has 0 saturated heterocycles. The van der Waals surface area contributed by atoms with Gasteiger partial charge in [-0.05, 0) is 22.0 Å². The van der Waals surface area contributed by atoms with E-state index >= 15 is 0 Å². The summed E-state index contributed by atoms with van der Waals surface area (Å²) in [6.45, 7) is 0. The molecule has 2 N–H and O–H groups in total. The molecule has 1 heterocycles. The number of hydrogen-bond acceptors (Lipinski definition) is 2. The number of benzene rings is 1. The minimum Gasteiger partial charge on any atom is -0.397 e. The van der Waals surface area contributed by atoms with Gasteiger partial charge in [-0.2, -0.15) is 5.10 Å². The molecule has 0 unspecified atom stereocenters. The maximum absolute atomic E-state index is 5.90. The van der Waals surface area contributed by atoms with Crippen LogP contribution in [0.3, 0.4) is 0 Å². The van der Waals surface area contributed by atoms with Crippen molar-refractivity contribution < 1.29 is 0 Å². The molecule has 0 aliphatic rings. The second-order valence-electron chi connectivity index (χ2n) is 2.82. The second kappa shape index (κ2) is 2.89. The van der Waals surface area contributed by atoms with E-state index in [1.165, 1.54) is 0 Å². The molecule has 68 valence electrons. The van der Waals surface area contributed by atoms with Crippen molar-refractivity contribution in [1.82, 2.24) is 9.78 Å². The van der Waals surface area contributed by atoms with Crippen molar-refractivity contribution in [3.8, 4) is 0 Å². The molecule has 2 rings (SSSR count). The molecular formula is C8H7BrClN3. The lowest BCUT2D eigenvalue weighted by Gasteiger charge is -2.00. The van der Waals surface area contributed by atoms with Crippen molar-refractivity contribution in [1.29, 1.82) is 0 Å². The highest BCUT2D eigenvalue weighted by Crippen LogP contribution is 2.34. The number of aryl methyl sites for hydroxylation is 1. The molecule has 2 aromatic rings. The zero-order chi connectivity index (χ0) is 9.59. The first kappa shape index (κ1) is 8.84. The summed E-state index contributed by atoms with van der Waals surface area (Å²) in [6, 6.07) is 1.76. The van der Waals surface area contributed by atoms with Gasteiger partial charge in [-0.1, -0.05) is 11.6 Å². The smallest absolute Gasteiger partial charge is 0.0950 e. The van der Waals surface area contributed by atoms with Gasteiger partial charge in [0.25, 0.3) is 0 Å². The first-order valence-corrected chi connectivity index (χ1v) is 4.83. The molecule has 0 bridgehead atoms. The maximum Gasteiger partial charge on any atom is 0.0950 e. The quantitative estimate of drug-likeness (QED) is 0.740. The minimum atomic E-state index is 0.526. The number of aromatic nitrogens is 2. The number of anilines is 1. The summed E-state index contributed by atoms with van der Waals surface area (Å²) in [5.74, 6) is 0. The number of nitrogens with zero attached hydrogens (tertiary/aromatic N) is 2. The summed E-state index contributed by atoms with van der Waals surface area (Å²) >= 11 is 9.28. The molecule has 3 nitrogen and oxygen atoms in total. The van der Waals surface area contributed by atoms with Gasteiger partial charge in [-0.15, -0.1) is 0 Å². The Kier molecular flexibility index (Phi) is 1.96. The van der Waals surface area contributed by atoms with E-state index in [9.17, 15) is 0 Å². The van der Waals surface area contributed by atoms with Crippen LogP contribution in [0.5, 0.6) is 0 Å². The van der Waals surface area contributed by atoms with E-state index in [1.807, 2.05) is 13.2 Å². The average molecular weight is 261 g/mol. The van der Waals surface area contributed by atoms with Crippen LogP contribution >= 0.6 is 27.5 Å². The molecule has 0 fully saturated rings. The zero-order valence-electron chi connectivity index (χ0n) is 6.88. The standard InChI is InChI=1S/C8H7BrClN3/c1-13-3-4-6(12-13)2-5(10)8(11)7(4)9/h2-3H,11H2,1H3. The highest BCUT2D eigenvalue weighted by Gasteiger charge is 2.09. The fraction of sp³-hybridized carbons (Fsp3) is 0.125. The Morgan fingerprint density at radius 3 is 3.00 bits per heavy atom. The van der Waals surface area contributed by atoms with Gasteiger partial charge in [-0.25, -0.2) is 0 Å². The van der Waals surface area contributed by atoms with Crippen LogP contribution < -0.4 is 5.73 Å². The van der Waals surface area contributed by atoms with Crippen LogP contribution in [0.2, 0.25) is 5.02 Å². The van der Waals surface area contributed by atoms with Crippen LogP contribution in [0.15, 0.2) is 16.7 Å². The normalized spacial score (nSPS) is 11.0. The topological polar surface area (TPSA) is 43.8 Å². The molecule has 0 spiro atoms. The van der Waals surface area contributed by atoms with Crippen molar-refractivity contribution in [2.75, 3.05) is 5.73 Å². The van der Waals surface area contributed by atoms with Gasteiger partial charge in [0.15, 0.2) is 0 Å². The van der Waals surface area contributed by atoms with Crippen molar-refractivity contribution in [3.05, 3.63) is 21.8 Å². The number of nitrogen functional groups attached to an aromatic ring is 1. The molecule has 0 aliphatic carbocycles. The third-order valence-corrected chi connectivity index (χ3v) is 3.02. The summed E-state index contributed by atoms with van der Waals surface area (Å²) in [5.41, 5.74) is 7.14. The Bertz CT molecular complexity index is 478. The van der Waals surface area contributed by atoms with Crippen LogP contribution in [0.25, 0.3) is 10.9 Å². The number of nitrogens with two attached hydrogens (primary N) is 1. The number of hydrogen-bond donors (Lipinski definition) is 1. The molecule has 5 heteroatoms. The van der Waals surface area contributed by atoms with E-state index < -0.39 is 0 Å². The molecule has 13 heavy (non-hydrogen) atoms. The first-order chi connectivity index (χ1) is 6.09. The number of rotatable bonds is 0. The van der Waals surface area contributed by atoms with E-state index in [0.717, 1.165) is 15.4 Å². The predicted molar refractivity (Wildman–Crippen MR) is 57.8 cm³/mol. The molecule has 1 aromatic carbocycles. The maximum atomic E-state index is 5.90. The van der Waals surface area contributed by atoms with Crippen LogP contribution in [-0.2, 0) is 7.05 Å². The predicted octanol–water partition coefficient (Wildman–Crippen LogP) is 2.57. The summed E-state index contributed by atoms with van der Waals surface area (Å²) in [7, 11) is 1.86. The number of halogens is 2. The summed E-state index contributed by atoms with van der Waals surface area (Å²) in [4.78, 5) is 0. The van der Waals surface area contributed by atoms with Gasteiger partial charge >= 0.3 is 0 Å². The fourth-order valence-corrected chi connectivity index (χ4v) is 2.06. The molecule has 0 aliphatic heterocycles. The molecular weight excluding hydrogens is 253 g/mol. The number of fused-ring (bicyclic) bond motifs is 1. The van der Waals surface area contributed by atoms with Crippen molar-refractivity contribution >= 4 is 44.1 Å². The summed E-state index contributed by atoms with van der Waals surface area (Å²) in [6.07, 6.45) is 1.89. The average Bonchev–Trinajstić information content (AvgIpc) is 2.42. The van der Waals surface area contributed by atoms with E-state index in [1.54, 1.807) is 10.7 Å². The van der Waals surface area contributed by atoms with Gasteiger partial charge in [0.05, 0.1) is 20.7 Å². The molecule has 0 saturated carbocycles. The monoisotopic (exact) mass is 259 g/mol. The Labute approximate surface area is 88.6 Å². The summed E-state index contributed by atoms with van der Waals surface area (Å²) < 4.78 is 2.54. The lowest BCUT2D eigenvalue weighted by atomic mass is 10.2. The second-order valence-corrected chi connectivity index (χ2v) is 4.02. The lowest BCUT2D eigenvalue weighted by molar-refractivity contribution is 0.780. The lowest BCUT2D eigenvalue weighted by Crippen LogP contribution is -1.88. The summed E-state index contributed by atoms with van der Waals surface area (Å²) in [5, 5.41) is 5.72. The van der Waals surface area contributed by atoms with Crippen LogP contribution in [0, 0.1) is 0 Å². The Morgan fingerprint density at radius 2 is 2.31 bits per heavy atom. The Balaban J connectivity index is 2.92. The van der Waals surface area contributed by atoms with E-state index in [4.69, 9.17) is 17.3 Å². The molecule has 0 radical (unpaired) electrons. The fourth-order valence-electron chi connectivity index (χ4n) is 1.23. The van der Waals surface area contributed by atoms with Gasteiger partial charge in [0, 0.05) is 18.6 Å². The van der Waals surface area contributed by atoms with E-state index in [-0.39, 0.29) is 0 Å². The first-order valence-electron chi connectivity index (χ1n) is 3.66. The van der Waals surface area contributed by atoms with E-state index in [0.29, 0.717) is 10.7 Å². The van der Waals surface area contributed by atoms with Gasteiger partial charge in [0.2, 0.25) is 0 Å². The van der Waals surface area contributed by atoms with Crippen molar-refractivity contribution in [2.45, 2.75) is 0 Å². The van der Waals surface area contributed by atoms with Crippen molar-refractivity contribution in [3.63, 3.8) is 0 Å². The highest BCUT2D eigenvalue weighted by molar-refractivity contribution is 9.10. The van der Waals surface area contributed by atoms with Gasteiger partial charge in [0.1, 0.15) is 0 Å². The molecule has 0 amide bonds. The van der Waals surface area contributed by atoms with E-state index in [2.05, 4.69) is 21.0 Å². The van der Waals surface area contributed by atoms with Crippen molar-refractivity contribution in [2.24, 2.45) is 7.05 Å². The van der Waals surface area contributed by atoms with Gasteiger partial charge in [-0.3, -0.25) is 4.68 Å². The zero-order valence-corrected chi connectivity index (χ0v) is 9.22. The largest absolute Gasteiger partial charge is 0.397 e. The molecule has 1 aromatic heterocycles. The van der Waals surface area contributed by atoms with Crippen LogP contribution in [-0.4, -0.2) is 9.78 Å². The third kappa shape index (κ3) is 1.30. The molecule has 0 atom stereocenters. The van der Waals surface area contributed by atoms with Gasteiger partial charge < -0.3 is 5.73 Å². The van der Waals surface area contributed by atoms with Crippen LogP contribution in [0.1, 0.15) is 0 Å². The Hall–Kier alpha value is -0.740.